The van der Waals surface area contributed by atoms with Gasteiger partial charge in [-0.25, -0.2) is 0 Å². The Balaban J connectivity index is 1.31. The summed E-state index contributed by atoms with van der Waals surface area (Å²) in [5.74, 6) is 0.0496. The molecule has 3 N–H and O–H groups in total. The Hall–Kier alpha value is -3.35. The van der Waals surface area contributed by atoms with Gasteiger partial charge in [0.05, 0.1) is 0 Å². The summed E-state index contributed by atoms with van der Waals surface area (Å²) in [5.41, 5.74) is 1.61. The quantitative estimate of drug-likeness (QED) is 0.549. The van der Waals surface area contributed by atoms with Crippen LogP contribution in [0.25, 0.3) is 0 Å². The van der Waals surface area contributed by atoms with Crippen LogP contribution >= 0.6 is 0 Å². The van der Waals surface area contributed by atoms with Crippen molar-refractivity contribution in [3.8, 4) is 5.75 Å². The van der Waals surface area contributed by atoms with Gasteiger partial charge < -0.3 is 20.7 Å². The summed E-state index contributed by atoms with van der Waals surface area (Å²) in [4.78, 5) is 37.0. The fourth-order valence-electron chi connectivity index (χ4n) is 3.23. The van der Waals surface area contributed by atoms with Crippen molar-refractivity contribution >= 4 is 23.4 Å². The van der Waals surface area contributed by atoms with Crippen LogP contribution in [-0.4, -0.2) is 36.4 Å². The normalized spacial score (nSPS) is 16.1. The van der Waals surface area contributed by atoms with Crippen LogP contribution in [0.5, 0.6) is 5.75 Å². The molecular formula is C24H27N3O4. The van der Waals surface area contributed by atoms with E-state index in [4.69, 9.17) is 4.74 Å². The molecule has 0 radical (unpaired) electrons. The average molecular weight is 421 g/mol. The lowest BCUT2D eigenvalue weighted by molar-refractivity contribution is -0.130. The first kappa shape index (κ1) is 20.9. The van der Waals surface area contributed by atoms with E-state index < -0.39 is 6.04 Å². The number of rotatable bonds is 10. The Morgan fingerprint density at radius 1 is 0.968 bits per heavy atom. The molecule has 2 fully saturated rings. The summed E-state index contributed by atoms with van der Waals surface area (Å²) >= 11 is 0. The van der Waals surface area contributed by atoms with E-state index in [0.717, 1.165) is 31.2 Å². The lowest BCUT2D eigenvalue weighted by Gasteiger charge is -2.19. The molecule has 3 amide bonds. The predicted octanol–water partition coefficient (Wildman–Crippen LogP) is 2.42. The number of hydrogen-bond acceptors (Lipinski definition) is 4. The first-order chi connectivity index (χ1) is 15.1. The first-order valence-electron chi connectivity index (χ1n) is 10.7. The van der Waals surface area contributed by atoms with Gasteiger partial charge in [-0.1, -0.05) is 36.4 Å². The Kier molecular flexibility index (Phi) is 6.50. The summed E-state index contributed by atoms with van der Waals surface area (Å²) in [6.45, 7) is -0.220. The summed E-state index contributed by atoms with van der Waals surface area (Å²) in [6.07, 6.45) is 4.23. The molecule has 4 rings (SSSR count). The molecule has 0 spiro atoms. The van der Waals surface area contributed by atoms with Crippen molar-refractivity contribution in [2.75, 3.05) is 11.9 Å². The molecule has 2 aliphatic rings. The van der Waals surface area contributed by atoms with Crippen LogP contribution in [0.1, 0.15) is 31.2 Å². The van der Waals surface area contributed by atoms with Gasteiger partial charge >= 0.3 is 0 Å². The Labute approximate surface area is 181 Å². The highest BCUT2D eigenvalue weighted by atomic mass is 16.5. The van der Waals surface area contributed by atoms with E-state index in [0.29, 0.717) is 17.9 Å². The van der Waals surface area contributed by atoms with Gasteiger partial charge in [-0.05, 0) is 43.4 Å². The standard InChI is InChI=1S/C24H27N3O4/c28-22(15-31-20-8-4-7-19(14-20)26-23(29)17-9-10-17)27-21(24(30)25-18-11-12-18)13-16-5-2-1-3-6-16/h1-8,14,17-18,21H,9-13,15H2,(H,25,30)(H,26,29)(H,27,28). The number of hydrogen-bond donors (Lipinski definition) is 3. The molecule has 7 nitrogen and oxygen atoms in total. The fourth-order valence-corrected chi connectivity index (χ4v) is 3.23. The van der Waals surface area contributed by atoms with Gasteiger partial charge in [0.25, 0.3) is 5.91 Å². The summed E-state index contributed by atoms with van der Waals surface area (Å²) in [5, 5.41) is 8.61. The molecule has 1 atom stereocenters. The molecule has 31 heavy (non-hydrogen) atoms. The molecule has 0 aliphatic heterocycles. The van der Waals surface area contributed by atoms with E-state index in [2.05, 4.69) is 16.0 Å². The summed E-state index contributed by atoms with van der Waals surface area (Å²) in [6, 6.07) is 16.1. The maximum Gasteiger partial charge on any atom is 0.258 e. The highest BCUT2D eigenvalue weighted by Gasteiger charge is 2.30. The zero-order chi connectivity index (χ0) is 21.6. The van der Waals surface area contributed by atoms with Crippen LogP contribution < -0.4 is 20.7 Å². The van der Waals surface area contributed by atoms with Crippen LogP contribution in [0.15, 0.2) is 54.6 Å². The second kappa shape index (κ2) is 9.64. The zero-order valence-electron chi connectivity index (χ0n) is 17.3. The second-order valence-corrected chi connectivity index (χ2v) is 8.17. The van der Waals surface area contributed by atoms with Crippen LogP contribution in [-0.2, 0) is 20.8 Å². The van der Waals surface area contributed by atoms with Crippen molar-refractivity contribution in [1.29, 1.82) is 0 Å². The van der Waals surface area contributed by atoms with Crippen LogP contribution in [0, 0.1) is 5.92 Å². The lowest BCUT2D eigenvalue weighted by atomic mass is 10.1. The second-order valence-electron chi connectivity index (χ2n) is 8.17. The number of benzene rings is 2. The van der Waals surface area contributed by atoms with Gasteiger partial charge in [0.15, 0.2) is 6.61 Å². The number of nitrogens with one attached hydrogen (secondary N) is 3. The third kappa shape index (κ3) is 6.57. The van der Waals surface area contributed by atoms with Gasteiger partial charge in [-0.2, -0.15) is 0 Å². The topological polar surface area (TPSA) is 96.5 Å². The van der Waals surface area contributed by atoms with E-state index in [-0.39, 0.29) is 36.3 Å². The van der Waals surface area contributed by atoms with Crippen molar-refractivity contribution in [2.45, 2.75) is 44.2 Å². The van der Waals surface area contributed by atoms with E-state index in [1.54, 1.807) is 24.3 Å². The number of carbonyl (C=O) groups excluding carboxylic acids is 3. The minimum atomic E-state index is -0.664. The van der Waals surface area contributed by atoms with Crippen LogP contribution in [0.2, 0.25) is 0 Å². The smallest absolute Gasteiger partial charge is 0.258 e. The van der Waals surface area contributed by atoms with Crippen molar-refractivity contribution in [2.24, 2.45) is 5.92 Å². The summed E-state index contributed by atoms with van der Waals surface area (Å²) in [7, 11) is 0. The van der Waals surface area contributed by atoms with Gasteiger partial charge in [0.2, 0.25) is 11.8 Å². The number of carbonyl (C=O) groups is 3. The maximum absolute atomic E-state index is 12.6. The molecule has 2 aromatic rings. The third-order valence-corrected chi connectivity index (χ3v) is 5.28. The molecule has 0 heterocycles. The minimum Gasteiger partial charge on any atom is -0.484 e. The highest BCUT2D eigenvalue weighted by molar-refractivity contribution is 5.94. The molecule has 2 saturated carbocycles. The maximum atomic E-state index is 12.6. The average Bonchev–Trinajstić information content (AvgIpc) is 3.67. The minimum absolute atomic E-state index is 0.0142. The van der Waals surface area contributed by atoms with Gasteiger partial charge in [0.1, 0.15) is 11.8 Å². The van der Waals surface area contributed by atoms with Crippen LogP contribution in [0.3, 0.4) is 0 Å². The van der Waals surface area contributed by atoms with E-state index in [1.165, 1.54) is 0 Å². The van der Waals surface area contributed by atoms with E-state index in [1.807, 2.05) is 30.3 Å². The van der Waals surface area contributed by atoms with E-state index >= 15 is 0 Å². The van der Waals surface area contributed by atoms with Crippen molar-refractivity contribution in [3.05, 3.63) is 60.2 Å². The van der Waals surface area contributed by atoms with Crippen molar-refractivity contribution in [3.63, 3.8) is 0 Å². The zero-order valence-corrected chi connectivity index (χ0v) is 17.3. The molecule has 0 saturated heterocycles. The summed E-state index contributed by atoms with van der Waals surface area (Å²) < 4.78 is 5.60. The van der Waals surface area contributed by atoms with Gasteiger partial charge in [-0.15, -0.1) is 0 Å². The highest BCUT2D eigenvalue weighted by Crippen LogP contribution is 2.30. The molecule has 7 heteroatoms. The number of ether oxygens (including phenoxy) is 1. The van der Waals surface area contributed by atoms with Crippen molar-refractivity contribution < 1.29 is 19.1 Å². The Morgan fingerprint density at radius 2 is 1.74 bits per heavy atom. The van der Waals surface area contributed by atoms with E-state index in [9.17, 15) is 14.4 Å². The Morgan fingerprint density at radius 3 is 2.45 bits per heavy atom. The lowest BCUT2D eigenvalue weighted by Crippen LogP contribution is -2.49. The predicted molar refractivity (Wildman–Crippen MR) is 117 cm³/mol. The molecule has 1 unspecified atom stereocenters. The largest absolute Gasteiger partial charge is 0.484 e. The SMILES string of the molecule is O=C(COc1cccc(NC(=O)C2CC2)c1)NC(Cc1ccccc1)C(=O)NC1CC1. The molecule has 0 bridgehead atoms. The first-order valence-corrected chi connectivity index (χ1v) is 10.7. The fraction of sp³-hybridized carbons (Fsp3) is 0.375. The molecule has 0 aromatic heterocycles. The molecule has 162 valence electrons. The third-order valence-electron chi connectivity index (χ3n) is 5.28. The Bertz CT molecular complexity index is 939. The van der Waals surface area contributed by atoms with Crippen molar-refractivity contribution in [1.82, 2.24) is 10.6 Å². The molecular weight excluding hydrogens is 394 g/mol. The van der Waals surface area contributed by atoms with Gasteiger partial charge in [0, 0.05) is 30.1 Å². The number of anilines is 1. The van der Waals surface area contributed by atoms with Crippen LogP contribution in [0.4, 0.5) is 5.69 Å². The molecule has 2 aliphatic carbocycles. The van der Waals surface area contributed by atoms with Gasteiger partial charge in [-0.3, -0.25) is 14.4 Å². The monoisotopic (exact) mass is 421 g/mol. The molecule has 2 aromatic carbocycles. The number of amides is 3.